The van der Waals surface area contributed by atoms with Crippen molar-refractivity contribution in [2.24, 2.45) is 0 Å². The number of aromatic nitrogens is 3. The third-order valence-corrected chi connectivity index (χ3v) is 2.39. The van der Waals surface area contributed by atoms with E-state index < -0.39 is 31.1 Å². The van der Waals surface area contributed by atoms with E-state index in [0.717, 1.165) is 4.68 Å². The molecule has 0 bridgehead atoms. The Morgan fingerprint density at radius 2 is 2.25 bits per heavy atom. The Hall–Kier alpha value is -1.53. The topological polar surface area (TPSA) is 124 Å². The summed E-state index contributed by atoms with van der Waals surface area (Å²) in [6.07, 6.45) is -2.99. The second-order valence-electron chi connectivity index (χ2n) is 3.39. The molecule has 0 aromatic carbocycles. The Morgan fingerprint density at radius 3 is 2.75 bits per heavy atom. The average Bonchev–Trinajstić information content (AvgIpc) is 2.86. The van der Waals surface area contributed by atoms with E-state index in [1.165, 1.54) is 6.33 Å². The number of aliphatic hydroxyl groups excluding tert-OH is 3. The van der Waals surface area contributed by atoms with Crippen LogP contribution >= 0.6 is 0 Å². The van der Waals surface area contributed by atoms with Gasteiger partial charge in [0.05, 0.1) is 6.61 Å². The lowest BCUT2D eigenvalue weighted by atomic mass is 10.1. The van der Waals surface area contributed by atoms with Gasteiger partial charge in [0.1, 0.15) is 30.7 Å². The van der Waals surface area contributed by atoms with Crippen molar-refractivity contribution in [1.82, 2.24) is 14.8 Å². The molecule has 1 saturated heterocycles. The normalized spacial score (nSPS) is 33.9. The van der Waals surface area contributed by atoms with E-state index in [1.807, 2.05) is 0 Å². The van der Waals surface area contributed by atoms with Gasteiger partial charge in [0.25, 0.3) is 5.82 Å². The van der Waals surface area contributed by atoms with E-state index in [0.29, 0.717) is 0 Å². The van der Waals surface area contributed by atoms with E-state index in [9.17, 15) is 10.2 Å². The Balaban J connectivity index is 2.20. The van der Waals surface area contributed by atoms with Crippen molar-refractivity contribution in [2.75, 3.05) is 6.61 Å². The summed E-state index contributed by atoms with van der Waals surface area (Å²) in [7, 11) is 0. The van der Waals surface area contributed by atoms with Crippen molar-refractivity contribution < 1.29 is 20.1 Å². The Kier molecular flexibility index (Phi) is 2.84. The number of aliphatic hydroxyl groups is 3. The zero-order valence-electron chi connectivity index (χ0n) is 8.13. The zero-order chi connectivity index (χ0) is 11.7. The van der Waals surface area contributed by atoms with Crippen LogP contribution in [0.25, 0.3) is 0 Å². The van der Waals surface area contributed by atoms with E-state index in [4.69, 9.17) is 15.1 Å². The molecular formula is C8H10N4O4. The average molecular weight is 226 g/mol. The van der Waals surface area contributed by atoms with Crippen LogP contribution in [0.3, 0.4) is 0 Å². The summed E-state index contributed by atoms with van der Waals surface area (Å²) < 4.78 is 6.32. The first-order valence-corrected chi connectivity index (χ1v) is 4.61. The molecule has 3 N–H and O–H groups in total. The Labute approximate surface area is 90.3 Å². The van der Waals surface area contributed by atoms with E-state index in [1.54, 1.807) is 6.07 Å². The van der Waals surface area contributed by atoms with Crippen molar-refractivity contribution in [3.05, 3.63) is 12.2 Å². The smallest absolute Gasteiger partial charge is 0.252 e. The number of rotatable bonds is 2. The van der Waals surface area contributed by atoms with Gasteiger partial charge in [-0.15, -0.1) is 5.10 Å². The van der Waals surface area contributed by atoms with Crippen LogP contribution in [0.4, 0.5) is 0 Å². The molecule has 1 aromatic heterocycles. The minimum atomic E-state index is -1.22. The Morgan fingerprint density at radius 1 is 1.50 bits per heavy atom. The molecule has 0 aliphatic carbocycles. The molecule has 0 amide bonds. The second kappa shape index (κ2) is 4.15. The van der Waals surface area contributed by atoms with E-state index >= 15 is 0 Å². The fraction of sp³-hybridized carbons (Fsp3) is 0.625. The second-order valence-corrected chi connectivity index (χ2v) is 3.39. The van der Waals surface area contributed by atoms with Crippen molar-refractivity contribution >= 4 is 0 Å². The summed E-state index contributed by atoms with van der Waals surface area (Å²) >= 11 is 0. The predicted molar refractivity (Wildman–Crippen MR) is 47.7 cm³/mol. The highest BCUT2D eigenvalue weighted by Gasteiger charge is 2.43. The molecule has 0 saturated carbocycles. The van der Waals surface area contributed by atoms with Crippen LogP contribution in [0.5, 0.6) is 0 Å². The molecule has 2 heterocycles. The standard InChI is InChI=1S/C8H10N4O4/c9-1-5-10-3-12(11-5)8-7(15)6(14)4(2-13)16-8/h3-4,6-8,13-15H,2H2/t4-,6?,7+,8-/m1/s1. The molecule has 1 aliphatic rings. The maximum Gasteiger partial charge on any atom is 0.252 e. The van der Waals surface area contributed by atoms with Gasteiger partial charge in [0.2, 0.25) is 0 Å². The molecule has 0 spiro atoms. The van der Waals surface area contributed by atoms with Crippen LogP contribution in [0.15, 0.2) is 6.33 Å². The SMILES string of the molecule is N#Cc1ncn([C@@H]2O[C@H](CO)C(O)[C@@H]2O)n1. The number of ether oxygens (including phenoxy) is 1. The summed E-state index contributed by atoms with van der Waals surface area (Å²) in [5, 5.41) is 40.3. The molecule has 8 heteroatoms. The van der Waals surface area contributed by atoms with Crippen LogP contribution in [0.1, 0.15) is 12.1 Å². The van der Waals surface area contributed by atoms with Gasteiger partial charge in [-0.1, -0.05) is 0 Å². The van der Waals surface area contributed by atoms with Crippen molar-refractivity contribution in [3.63, 3.8) is 0 Å². The van der Waals surface area contributed by atoms with Crippen LogP contribution in [-0.2, 0) is 4.74 Å². The van der Waals surface area contributed by atoms with Gasteiger partial charge in [-0.3, -0.25) is 0 Å². The van der Waals surface area contributed by atoms with E-state index in [2.05, 4.69) is 10.1 Å². The number of hydrogen-bond acceptors (Lipinski definition) is 7. The predicted octanol–water partition coefficient (Wildman–Crippen LogP) is -2.24. The fourth-order valence-electron chi connectivity index (χ4n) is 1.55. The first kappa shape index (κ1) is 11.0. The monoisotopic (exact) mass is 226 g/mol. The van der Waals surface area contributed by atoms with Crippen molar-refractivity contribution in [3.8, 4) is 6.07 Å². The van der Waals surface area contributed by atoms with Gasteiger partial charge >= 0.3 is 0 Å². The lowest BCUT2D eigenvalue weighted by Gasteiger charge is -2.13. The molecule has 1 aromatic rings. The van der Waals surface area contributed by atoms with Gasteiger partial charge in [0.15, 0.2) is 6.23 Å². The van der Waals surface area contributed by atoms with E-state index in [-0.39, 0.29) is 5.82 Å². The highest BCUT2D eigenvalue weighted by molar-refractivity contribution is 5.06. The lowest BCUT2D eigenvalue weighted by Crippen LogP contribution is -2.33. The zero-order valence-corrected chi connectivity index (χ0v) is 8.13. The van der Waals surface area contributed by atoms with Crippen LogP contribution in [0.2, 0.25) is 0 Å². The highest BCUT2D eigenvalue weighted by Crippen LogP contribution is 2.28. The quantitative estimate of drug-likeness (QED) is 0.520. The van der Waals surface area contributed by atoms with Gasteiger partial charge < -0.3 is 20.1 Å². The molecule has 1 fully saturated rings. The largest absolute Gasteiger partial charge is 0.394 e. The summed E-state index contributed by atoms with van der Waals surface area (Å²) in [5.74, 6) is -0.0576. The molecule has 1 unspecified atom stereocenters. The summed E-state index contributed by atoms with van der Waals surface area (Å²) in [6, 6.07) is 1.73. The van der Waals surface area contributed by atoms with Crippen LogP contribution in [-0.4, -0.2) is 55.0 Å². The summed E-state index contributed by atoms with van der Waals surface area (Å²) in [4.78, 5) is 3.65. The third-order valence-electron chi connectivity index (χ3n) is 2.39. The molecule has 1 aliphatic heterocycles. The minimum absolute atomic E-state index is 0.0576. The molecule has 86 valence electrons. The first-order valence-electron chi connectivity index (χ1n) is 4.61. The third kappa shape index (κ3) is 1.66. The molecular weight excluding hydrogens is 216 g/mol. The molecule has 4 atom stereocenters. The summed E-state index contributed by atoms with van der Waals surface area (Å²) in [6.45, 7) is -0.408. The number of nitriles is 1. The maximum absolute atomic E-state index is 9.64. The summed E-state index contributed by atoms with van der Waals surface area (Å²) in [5.41, 5.74) is 0. The minimum Gasteiger partial charge on any atom is -0.394 e. The lowest BCUT2D eigenvalue weighted by molar-refractivity contribution is -0.0588. The molecule has 2 rings (SSSR count). The number of nitrogens with zero attached hydrogens (tertiary/aromatic N) is 4. The van der Waals surface area contributed by atoms with Gasteiger partial charge in [0, 0.05) is 0 Å². The fourth-order valence-corrected chi connectivity index (χ4v) is 1.55. The maximum atomic E-state index is 9.64. The molecule has 16 heavy (non-hydrogen) atoms. The van der Waals surface area contributed by atoms with Crippen molar-refractivity contribution in [1.29, 1.82) is 5.26 Å². The van der Waals surface area contributed by atoms with Crippen LogP contribution in [0, 0.1) is 11.3 Å². The number of hydrogen-bond donors (Lipinski definition) is 3. The first-order chi connectivity index (χ1) is 7.67. The Bertz CT molecular complexity index is 414. The molecule has 0 radical (unpaired) electrons. The van der Waals surface area contributed by atoms with Gasteiger partial charge in [-0.25, -0.2) is 9.67 Å². The van der Waals surface area contributed by atoms with Crippen molar-refractivity contribution in [2.45, 2.75) is 24.5 Å². The van der Waals surface area contributed by atoms with Crippen LogP contribution < -0.4 is 0 Å². The van der Waals surface area contributed by atoms with Gasteiger partial charge in [-0.2, -0.15) is 5.26 Å². The van der Waals surface area contributed by atoms with Gasteiger partial charge in [-0.05, 0) is 0 Å². The molecule has 8 nitrogen and oxygen atoms in total. The highest BCUT2D eigenvalue weighted by atomic mass is 16.6.